The lowest BCUT2D eigenvalue weighted by Crippen LogP contribution is -2.52. The number of nitrogens with one attached hydrogen (secondary N) is 1. The summed E-state index contributed by atoms with van der Waals surface area (Å²) in [7, 11) is 0. The van der Waals surface area contributed by atoms with Crippen molar-refractivity contribution in [2.75, 3.05) is 6.54 Å². The van der Waals surface area contributed by atoms with Crippen LogP contribution in [-0.4, -0.2) is 35.6 Å². The predicted octanol–water partition coefficient (Wildman–Crippen LogP) is 1.17. The summed E-state index contributed by atoms with van der Waals surface area (Å²) in [5.41, 5.74) is 1.95. The highest BCUT2D eigenvalue weighted by molar-refractivity contribution is 5.81. The maximum Gasteiger partial charge on any atom is 0.401 e. The van der Waals surface area contributed by atoms with Gasteiger partial charge in [0, 0.05) is 6.04 Å². The number of amides is 1. The molecule has 17 heavy (non-hydrogen) atoms. The molecule has 0 saturated heterocycles. The molecule has 0 aliphatic heterocycles. The second-order valence-electron chi connectivity index (χ2n) is 4.33. The first-order chi connectivity index (χ1) is 7.89. The van der Waals surface area contributed by atoms with E-state index in [0.717, 1.165) is 0 Å². The van der Waals surface area contributed by atoms with Crippen molar-refractivity contribution in [3.05, 3.63) is 0 Å². The number of rotatable bonds is 6. The van der Waals surface area contributed by atoms with Crippen LogP contribution in [0.25, 0.3) is 0 Å². The van der Waals surface area contributed by atoms with E-state index in [0.29, 0.717) is 25.7 Å². The first-order valence-electron chi connectivity index (χ1n) is 5.72. The Morgan fingerprint density at radius 2 is 2.12 bits per heavy atom. The second kappa shape index (κ2) is 5.68. The number of carbonyl (C=O) groups excluding carboxylic acids is 1. The van der Waals surface area contributed by atoms with Gasteiger partial charge in [-0.25, -0.2) is 5.84 Å². The highest BCUT2D eigenvalue weighted by atomic mass is 19.4. The van der Waals surface area contributed by atoms with Gasteiger partial charge in [0.1, 0.15) is 0 Å². The molecule has 0 heterocycles. The molecule has 4 nitrogen and oxygen atoms in total. The minimum absolute atomic E-state index is 0.134. The van der Waals surface area contributed by atoms with Gasteiger partial charge in [-0.3, -0.25) is 15.1 Å². The lowest BCUT2D eigenvalue weighted by atomic mass is 10.1. The summed E-state index contributed by atoms with van der Waals surface area (Å²) in [6.45, 7) is 0.783. The fraction of sp³-hybridized carbons (Fsp3) is 0.900. The fourth-order valence-electron chi connectivity index (χ4n) is 1.92. The van der Waals surface area contributed by atoms with Crippen LogP contribution in [0.15, 0.2) is 0 Å². The summed E-state index contributed by atoms with van der Waals surface area (Å²) < 4.78 is 37.4. The molecule has 0 aromatic carbocycles. The van der Waals surface area contributed by atoms with Crippen LogP contribution in [0.1, 0.15) is 32.6 Å². The number of halogens is 3. The third-order valence-electron chi connectivity index (χ3n) is 2.79. The van der Waals surface area contributed by atoms with E-state index in [1.807, 2.05) is 12.3 Å². The van der Waals surface area contributed by atoms with Gasteiger partial charge < -0.3 is 0 Å². The molecule has 3 N–H and O–H groups in total. The number of hydrazine groups is 1. The maximum atomic E-state index is 12.5. The van der Waals surface area contributed by atoms with Gasteiger partial charge in [-0.1, -0.05) is 13.3 Å². The van der Waals surface area contributed by atoms with Crippen molar-refractivity contribution in [2.45, 2.75) is 50.9 Å². The molecular weight excluding hydrogens is 235 g/mol. The molecule has 1 aliphatic rings. The largest absolute Gasteiger partial charge is 0.401 e. The van der Waals surface area contributed by atoms with Crippen molar-refractivity contribution in [1.82, 2.24) is 10.3 Å². The van der Waals surface area contributed by atoms with Gasteiger partial charge in [-0.15, -0.1) is 0 Å². The van der Waals surface area contributed by atoms with E-state index >= 15 is 0 Å². The molecule has 1 rings (SSSR count). The highest BCUT2D eigenvalue weighted by Crippen LogP contribution is 2.32. The van der Waals surface area contributed by atoms with Crippen molar-refractivity contribution in [3.63, 3.8) is 0 Å². The Hall–Kier alpha value is -0.820. The molecule has 1 fully saturated rings. The fourth-order valence-corrected chi connectivity index (χ4v) is 1.92. The summed E-state index contributed by atoms with van der Waals surface area (Å²) in [5, 5.41) is 0. The number of hydrogen-bond donors (Lipinski definition) is 2. The first-order valence-corrected chi connectivity index (χ1v) is 5.72. The quantitative estimate of drug-likeness (QED) is 0.424. The number of nitrogens with two attached hydrogens (primary N) is 1. The third-order valence-corrected chi connectivity index (χ3v) is 2.79. The summed E-state index contributed by atoms with van der Waals surface area (Å²) in [5.74, 6) is 4.48. The van der Waals surface area contributed by atoms with Crippen molar-refractivity contribution in [2.24, 2.45) is 5.84 Å². The van der Waals surface area contributed by atoms with E-state index in [-0.39, 0.29) is 6.04 Å². The van der Waals surface area contributed by atoms with E-state index in [1.165, 1.54) is 4.90 Å². The minimum atomic E-state index is -4.29. The minimum Gasteiger partial charge on any atom is -0.293 e. The normalized spacial score (nSPS) is 18.2. The summed E-state index contributed by atoms with van der Waals surface area (Å²) >= 11 is 0. The monoisotopic (exact) mass is 253 g/mol. The molecule has 0 spiro atoms. The van der Waals surface area contributed by atoms with E-state index in [1.54, 1.807) is 0 Å². The molecule has 100 valence electrons. The average Bonchev–Trinajstić information content (AvgIpc) is 3.04. The first kappa shape index (κ1) is 14.2. The molecule has 1 atom stereocenters. The molecule has 0 bridgehead atoms. The zero-order chi connectivity index (χ0) is 13.1. The van der Waals surface area contributed by atoms with Crippen molar-refractivity contribution in [1.29, 1.82) is 0 Å². The van der Waals surface area contributed by atoms with Crippen LogP contribution >= 0.6 is 0 Å². The Labute approximate surface area is 98.3 Å². The lowest BCUT2D eigenvalue weighted by Gasteiger charge is -2.30. The summed E-state index contributed by atoms with van der Waals surface area (Å²) in [6, 6.07) is -0.912. The van der Waals surface area contributed by atoms with Crippen LogP contribution < -0.4 is 11.3 Å². The van der Waals surface area contributed by atoms with Crippen LogP contribution in [0.3, 0.4) is 0 Å². The SMILES string of the molecule is CCCC(C(=O)NN)N(CC(F)(F)F)C1CC1. The van der Waals surface area contributed by atoms with Gasteiger partial charge in [0.05, 0.1) is 12.6 Å². The molecule has 1 unspecified atom stereocenters. The number of alkyl halides is 3. The van der Waals surface area contributed by atoms with Gasteiger partial charge in [0.15, 0.2) is 0 Å². The van der Waals surface area contributed by atoms with Crippen molar-refractivity contribution in [3.8, 4) is 0 Å². The molecule has 7 heteroatoms. The number of nitrogens with zero attached hydrogens (tertiary/aromatic N) is 1. The summed E-state index contributed by atoms with van der Waals surface area (Å²) in [6.07, 6.45) is -1.83. The zero-order valence-electron chi connectivity index (χ0n) is 9.76. The molecular formula is C10H18F3N3O. The molecule has 1 amide bonds. The van der Waals surface area contributed by atoms with E-state index in [4.69, 9.17) is 5.84 Å². The standard InChI is InChI=1S/C10H18F3N3O/c1-2-3-8(9(17)15-14)16(7-4-5-7)6-10(11,12)13/h7-8H,2-6,14H2,1H3,(H,15,17). The van der Waals surface area contributed by atoms with E-state index in [9.17, 15) is 18.0 Å². The van der Waals surface area contributed by atoms with E-state index < -0.39 is 24.7 Å². The third kappa shape index (κ3) is 4.51. The van der Waals surface area contributed by atoms with Crippen LogP contribution in [0.2, 0.25) is 0 Å². The van der Waals surface area contributed by atoms with Crippen LogP contribution in [-0.2, 0) is 4.79 Å². The molecule has 0 aromatic rings. The topological polar surface area (TPSA) is 58.4 Å². The Morgan fingerprint density at radius 3 is 2.47 bits per heavy atom. The molecule has 0 radical (unpaired) electrons. The second-order valence-corrected chi connectivity index (χ2v) is 4.33. The Bertz CT molecular complexity index is 266. The number of carbonyl (C=O) groups is 1. The predicted molar refractivity (Wildman–Crippen MR) is 56.8 cm³/mol. The van der Waals surface area contributed by atoms with Crippen molar-refractivity contribution >= 4 is 5.91 Å². The maximum absolute atomic E-state index is 12.5. The Balaban J connectivity index is 2.74. The van der Waals surface area contributed by atoms with Crippen LogP contribution in [0, 0.1) is 0 Å². The lowest BCUT2D eigenvalue weighted by molar-refractivity contribution is -0.157. The van der Waals surface area contributed by atoms with Gasteiger partial charge in [-0.05, 0) is 19.3 Å². The highest BCUT2D eigenvalue weighted by Gasteiger charge is 2.43. The van der Waals surface area contributed by atoms with Crippen molar-refractivity contribution < 1.29 is 18.0 Å². The van der Waals surface area contributed by atoms with Gasteiger partial charge in [0.2, 0.25) is 0 Å². The molecule has 1 saturated carbocycles. The van der Waals surface area contributed by atoms with Gasteiger partial charge in [0.25, 0.3) is 5.91 Å². The Morgan fingerprint density at radius 1 is 1.53 bits per heavy atom. The summed E-state index contributed by atoms with van der Waals surface area (Å²) in [4.78, 5) is 12.7. The zero-order valence-corrected chi connectivity index (χ0v) is 9.76. The van der Waals surface area contributed by atoms with Gasteiger partial charge in [-0.2, -0.15) is 13.2 Å². The average molecular weight is 253 g/mol. The molecule has 0 aromatic heterocycles. The van der Waals surface area contributed by atoms with E-state index in [2.05, 4.69) is 0 Å². The van der Waals surface area contributed by atoms with Gasteiger partial charge >= 0.3 is 6.18 Å². The smallest absolute Gasteiger partial charge is 0.293 e. The Kier molecular flexibility index (Phi) is 4.76. The van der Waals surface area contributed by atoms with Crippen LogP contribution in [0.4, 0.5) is 13.2 Å². The molecule has 1 aliphatic carbocycles. The number of hydrogen-bond acceptors (Lipinski definition) is 3. The van der Waals surface area contributed by atoms with Crippen LogP contribution in [0.5, 0.6) is 0 Å².